The molecule has 6 heteroatoms. The van der Waals surface area contributed by atoms with E-state index >= 15 is 0 Å². The summed E-state index contributed by atoms with van der Waals surface area (Å²) < 4.78 is 0. The van der Waals surface area contributed by atoms with Crippen molar-refractivity contribution in [1.29, 1.82) is 0 Å². The first-order chi connectivity index (χ1) is 11.2. The number of hydrogen-bond acceptors (Lipinski definition) is 5. The summed E-state index contributed by atoms with van der Waals surface area (Å²) in [5.74, 6) is 0.877. The Labute approximate surface area is 136 Å². The number of pyridine rings is 2. The molecule has 2 aromatic rings. The second-order valence-corrected chi connectivity index (χ2v) is 5.74. The largest absolute Gasteiger partial charge is 0.354 e. The van der Waals surface area contributed by atoms with Crippen LogP contribution in [-0.2, 0) is 6.54 Å². The number of likely N-dealkylation sites (N-methyl/N-ethyl adjacent to an activating group) is 1. The van der Waals surface area contributed by atoms with Gasteiger partial charge in [-0.25, -0.2) is 4.98 Å². The van der Waals surface area contributed by atoms with Gasteiger partial charge in [0.1, 0.15) is 5.82 Å². The molecule has 0 aliphatic carbocycles. The van der Waals surface area contributed by atoms with Crippen LogP contribution in [0.1, 0.15) is 15.9 Å². The van der Waals surface area contributed by atoms with E-state index in [9.17, 15) is 4.79 Å². The number of aromatic nitrogens is 2. The molecule has 0 atom stereocenters. The molecule has 1 amide bonds. The van der Waals surface area contributed by atoms with E-state index in [1.54, 1.807) is 24.5 Å². The van der Waals surface area contributed by atoms with Crippen LogP contribution in [0.2, 0.25) is 0 Å². The van der Waals surface area contributed by atoms with Crippen molar-refractivity contribution < 1.29 is 4.79 Å². The Morgan fingerprint density at radius 1 is 1.17 bits per heavy atom. The fourth-order valence-electron chi connectivity index (χ4n) is 2.53. The molecule has 1 N–H and O–H groups in total. The van der Waals surface area contributed by atoms with Gasteiger partial charge in [0.15, 0.2) is 0 Å². The van der Waals surface area contributed by atoms with Crippen LogP contribution in [0.25, 0.3) is 0 Å². The highest BCUT2D eigenvalue weighted by atomic mass is 16.1. The Hall–Kier alpha value is -2.47. The van der Waals surface area contributed by atoms with Gasteiger partial charge >= 0.3 is 0 Å². The Bertz CT molecular complexity index is 636. The lowest BCUT2D eigenvalue weighted by molar-refractivity contribution is 0.0950. The van der Waals surface area contributed by atoms with Gasteiger partial charge in [-0.1, -0.05) is 6.07 Å². The van der Waals surface area contributed by atoms with Gasteiger partial charge in [-0.2, -0.15) is 0 Å². The smallest absolute Gasteiger partial charge is 0.253 e. The molecule has 0 unspecified atom stereocenters. The Morgan fingerprint density at radius 3 is 2.65 bits per heavy atom. The number of nitrogens with zero attached hydrogens (tertiary/aromatic N) is 4. The number of piperazine rings is 1. The van der Waals surface area contributed by atoms with Crippen molar-refractivity contribution >= 4 is 11.7 Å². The van der Waals surface area contributed by atoms with Gasteiger partial charge in [-0.3, -0.25) is 9.78 Å². The molecule has 0 aromatic carbocycles. The van der Waals surface area contributed by atoms with Crippen LogP contribution in [-0.4, -0.2) is 54.0 Å². The molecule has 0 spiro atoms. The third-order valence-electron chi connectivity index (χ3n) is 4.01. The van der Waals surface area contributed by atoms with Crippen molar-refractivity contribution in [3.05, 3.63) is 54.0 Å². The minimum absolute atomic E-state index is 0.124. The summed E-state index contributed by atoms with van der Waals surface area (Å²) in [5.41, 5.74) is 1.55. The number of rotatable bonds is 4. The lowest BCUT2D eigenvalue weighted by Gasteiger charge is -2.33. The molecule has 3 heterocycles. The molecule has 0 saturated carbocycles. The maximum absolute atomic E-state index is 12.0. The highest BCUT2D eigenvalue weighted by Gasteiger charge is 2.15. The van der Waals surface area contributed by atoms with Crippen molar-refractivity contribution in [2.75, 3.05) is 38.1 Å². The molecule has 6 nitrogen and oxygen atoms in total. The van der Waals surface area contributed by atoms with E-state index in [0.717, 1.165) is 37.6 Å². The average Bonchev–Trinajstić information content (AvgIpc) is 2.61. The van der Waals surface area contributed by atoms with E-state index in [0.29, 0.717) is 12.1 Å². The van der Waals surface area contributed by atoms with Crippen LogP contribution in [0, 0.1) is 0 Å². The predicted molar refractivity (Wildman–Crippen MR) is 89.4 cm³/mol. The Morgan fingerprint density at radius 2 is 2.00 bits per heavy atom. The monoisotopic (exact) mass is 311 g/mol. The van der Waals surface area contributed by atoms with E-state index < -0.39 is 0 Å². The molecule has 0 radical (unpaired) electrons. The second-order valence-electron chi connectivity index (χ2n) is 5.74. The van der Waals surface area contributed by atoms with Crippen LogP contribution in [0.5, 0.6) is 0 Å². The SMILES string of the molecule is CN1CCN(c2ccc(CNC(=O)c3cccnc3)cn2)CC1. The molecule has 3 rings (SSSR count). The van der Waals surface area contributed by atoms with Gasteiger partial charge in [0, 0.05) is 51.3 Å². The third-order valence-corrected chi connectivity index (χ3v) is 4.01. The van der Waals surface area contributed by atoms with E-state index in [1.165, 1.54) is 0 Å². The summed E-state index contributed by atoms with van der Waals surface area (Å²) in [4.78, 5) is 25.1. The lowest BCUT2D eigenvalue weighted by atomic mass is 10.2. The summed E-state index contributed by atoms with van der Waals surface area (Å²) in [6.07, 6.45) is 5.04. The highest BCUT2D eigenvalue weighted by molar-refractivity contribution is 5.93. The minimum atomic E-state index is -0.124. The zero-order valence-corrected chi connectivity index (χ0v) is 13.3. The van der Waals surface area contributed by atoms with Crippen LogP contribution in [0.15, 0.2) is 42.9 Å². The highest BCUT2D eigenvalue weighted by Crippen LogP contribution is 2.13. The van der Waals surface area contributed by atoms with E-state index in [-0.39, 0.29) is 5.91 Å². The second kappa shape index (κ2) is 7.19. The number of carbonyl (C=O) groups is 1. The molecule has 1 fully saturated rings. The van der Waals surface area contributed by atoms with Crippen molar-refractivity contribution in [1.82, 2.24) is 20.2 Å². The minimum Gasteiger partial charge on any atom is -0.354 e. The Kier molecular flexibility index (Phi) is 4.83. The van der Waals surface area contributed by atoms with Crippen molar-refractivity contribution in [3.63, 3.8) is 0 Å². The zero-order chi connectivity index (χ0) is 16.1. The molecule has 1 aliphatic rings. The molecule has 2 aromatic heterocycles. The van der Waals surface area contributed by atoms with Crippen LogP contribution in [0.3, 0.4) is 0 Å². The molecular weight excluding hydrogens is 290 g/mol. The maximum atomic E-state index is 12.0. The summed E-state index contributed by atoms with van der Waals surface area (Å²) in [5, 5.41) is 2.88. The summed E-state index contributed by atoms with van der Waals surface area (Å²) >= 11 is 0. The molecular formula is C17H21N5O. The first-order valence-electron chi connectivity index (χ1n) is 7.79. The van der Waals surface area contributed by atoms with Gasteiger partial charge < -0.3 is 15.1 Å². The fourth-order valence-corrected chi connectivity index (χ4v) is 2.53. The van der Waals surface area contributed by atoms with Gasteiger partial charge in [-0.05, 0) is 30.8 Å². The zero-order valence-electron chi connectivity index (χ0n) is 13.3. The first-order valence-corrected chi connectivity index (χ1v) is 7.79. The number of carbonyl (C=O) groups excluding carboxylic acids is 1. The van der Waals surface area contributed by atoms with Crippen LogP contribution >= 0.6 is 0 Å². The quantitative estimate of drug-likeness (QED) is 0.918. The van der Waals surface area contributed by atoms with E-state index in [1.807, 2.05) is 18.3 Å². The van der Waals surface area contributed by atoms with Crippen LogP contribution in [0.4, 0.5) is 5.82 Å². The van der Waals surface area contributed by atoms with Gasteiger partial charge in [0.05, 0.1) is 5.56 Å². The van der Waals surface area contributed by atoms with Crippen LogP contribution < -0.4 is 10.2 Å². The van der Waals surface area contributed by atoms with E-state index in [2.05, 4.69) is 32.1 Å². The number of hydrogen-bond donors (Lipinski definition) is 1. The number of nitrogens with one attached hydrogen (secondary N) is 1. The van der Waals surface area contributed by atoms with Gasteiger partial charge in [-0.15, -0.1) is 0 Å². The molecule has 23 heavy (non-hydrogen) atoms. The normalized spacial score (nSPS) is 15.4. The fraction of sp³-hybridized carbons (Fsp3) is 0.353. The van der Waals surface area contributed by atoms with Crippen molar-refractivity contribution in [3.8, 4) is 0 Å². The summed E-state index contributed by atoms with van der Waals surface area (Å²) in [7, 11) is 2.14. The van der Waals surface area contributed by atoms with Crippen molar-refractivity contribution in [2.24, 2.45) is 0 Å². The predicted octanol–water partition coefficient (Wildman–Crippen LogP) is 1.16. The molecule has 1 saturated heterocycles. The number of amides is 1. The molecule has 120 valence electrons. The third kappa shape index (κ3) is 4.04. The topological polar surface area (TPSA) is 61.4 Å². The Balaban J connectivity index is 1.54. The first kappa shape index (κ1) is 15.4. The molecule has 1 aliphatic heterocycles. The number of anilines is 1. The molecule has 0 bridgehead atoms. The van der Waals surface area contributed by atoms with Gasteiger partial charge in [0.2, 0.25) is 0 Å². The summed E-state index contributed by atoms with van der Waals surface area (Å²) in [6.45, 7) is 4.58. The summed E-state index contributed by atoms with van der Waals surface area (Å²) in [6, 6.07) is 7.54. The van der Waals surface area contributed by atoms with Gasteiger partial charge in [0.25, 0.3) is 5.91 Å². The van der Waals surface area contributed by atoms with E-state index in [4.69, 9.17) is 0 Å². The average molecular weight is 311 g/mol. The maximum Gasteiger partial charge on any atom is 0.253 e. The lowest BCUT2D eigenvalue weighted by Crippen LogP contribution is -2.44. The van der Waals surface area contributed by atoms with Crippen molar-refractivity contribution in [2.45, 2.75) is 6.54 Å². The standard InChI is InChI=1S/C17H21N5O/c1-21-7-9-22(10-8-21)16-5-4-14(11-19-16)12-20-17(23)15-3-2-6-18-13-15/h2-6,11,13H,7-10,12H2,1H3,(H,20,23).